The van der Waals surface area contributed by atoms with Gasteiger partial charge in [-0.25, -0.2) is 0 Å². The molecule has 1 aliphatic heterocycles. The van der Waals surface area contributed by atoms with Crippen molar-refractivity contribution in [2.24, 2.45) is 0 Å². The summed E-state index contributed by atoms with van der Waals surface area (Å²) in [4.78, 5) is 35.9. The van der Waals surface area contributed by atoms with E-state index in [1.165, 1.54) is 6.07 Å². The Morgan fingerprint density at radius 3 is 2.52 bits per heavy atom. The molecule has 0 radical (unpaired) electrons. The van der Waals surface area contributed by atoms with Crippen LogP contribution in [0.4, 0.5) is 5.69 Å². The van der Waals surface area contributed by atoms with Crippen LogP contribution < -0.4 is 20.1 Å². The number of para-hydroxylation sites is 1. The predicted molar refractivity (Wildman–Crippen MR) is 115 cm³/mol. The number of hydrogen-bond acceptors (Lipinski definition) is 5. The first kappa shape index (κ1) is 20.2. The van der Waals surface area contributed by atoms with E-state index in [4.69, 9.17) is 9.47 Å². The van der Waals surface area contributed by atoms with Crippen LogP contribution >= 0.6 is 0 Å². The van der Waals surface area contributed by atoms with Crippen molar-refractivity contribution < 1.29 is 23.9 Å². The lowest BCUT2D eigenvalue weighted by Gasteiger charge is -2.10. The molecule has 7 heteroatoms. The first-order valence-corrected chi connectivity index (χ1v) is 9.73. The van der Waals surface area contributed by atoms with E-state index in [0.29, 0.717) is 35.6 Å². The molecule has 0 spiro atoms. The molecule has 7 nitrogen and oxygen atoms in total. The van der Waals surface area contributed by atoms with Gasteiger partial charge >= 0.3 is 0 Å². The number of imide groups is 1. The molecule has 0 atom stereocenters. The number of rotatable bonds is 7. The summed E-state index contributed by atoms with van der Waals surface area (Å²) in [5, 5.41) is 5.11. The van der Waals surface area contributed by atoms with E-state index in [9.17, 15) is 14.4 Å². The minimum absolute atomic E-state index is 0.129. The number of anilines is 1. The van der Waals surface area contributed by atoms with Crippen LogP contribution in [-0.2, 0) is 11.2 Å². The van der Waals surface area contributed by atoms with E-state index in [1.54, 1.807) is 43.5 Å². The highest BCUT2D eigenvalue weighted by atomic mass is 16.5. The summed E-state index contributed by atoms with van der Waals surface area (Å²) in [6, 6.07) is 19.3. The molecule has 0 aromatic heterocycles. The van der Waals surface area contributed by atoms with E-state index in [2.05, 4.69) is 10.6 Å². The van der Waals surface area contributed by atoms with Crippen LogP contribution in [0.25, 0.3) is 0 Å². The molecule has 2 N–H and O–H groups in total. The molecule has 1 heterocycles. The minimum atomic E-state index is -0.443. The Balaban J connectivity index is 1.39. The fourth-order valence-electron chi connectivity index (χ4n) is 3.37. The normalized spacial score (nSPS) is 12.2. The Labute approximate surface area is 179 Å². The van der Waals surface area contributed by atoms with Gasteiger partial charge in [0.05, 0.1) is 18.2 Å². The Kier molecular flexibility index (Phi) is 5.66. The maximum Gasteiger partial charge on any atom is 0.259 e. The van der Waals surface area contributed by atoms with Crippen molar-refractivity contribution in [1.29, 1.82) is 0 Å². The third-order valence-electron chi connectivity index (χ3n) is 4.87. The molecular formula is C24H20N2O5. The summed E-state index contributed by atoms with van der Waals surface area (Å²) < 4.78 is 11.1. The highest BCUT2D eigenvalue weighted by molar-refractivity contribution is 6.21. The van der Waals surface area contributed by atoms with Crippen molar-refractivity contribution in [3.05, 3.63) is 83.4 Å². The lowest BCUT2D eigenvalue weighted by Crippen LogP contribution is -2.19. The summed E-state index contributed by atoms with van der Waals surface area (Å²) in [6.07, 6.45) is 0.862. The largest absolute Gasteiger partial charge is 0.496 e. The molecule has 156 valence electrons. The second-order valence-electron chi connectivity index (χ2n) is 6.98. The fraction of sp³-hybridized carbons (Fsp3) is 0.125. The molecule has 1 aliphatic rings. The topological polar surface area (TPSA) is 93.7 Å². The first-order chi connectivity index (χ1) is 15.0. The van der Waals surface area contributed by atoms with Gasteiger partial charge in [-0.3, -0.25) is 19.7 Å². The smallest absolute Gasteiger partial charge is 0.259 e. The van der Waals surface area contributed by atoms with E-state index in [1.807, 2.05) is 24.3 Å². The summed E-state index contributed by atoms with van der Waals surface area (Å²) in [5.74, 6) is 0.688. The van der Waals surface area contributed by atoms with E-state index >= 15 is 0 Å². The van der Waals surface area contributed by atoms with Crippen LogP contribution in [0, 0.1) is 0 Å². The summed E-state index contributed by atoms with van der Waals surface area (Å²) in [7, 11) is 1.61. The van der Waals surface area contributed by atoms with E-state index in [-0.39, 0.29) is 11.5 Å². The van der Waals surface area contributed by atoms with Gasteiger partial charge in [0.15, 0.2) is 0 Å². The second kappa shape index (κ2) is 8.71. The molecule has 3 aromatic carbocycles. The number of hydrogen-bond donors (Lipinski definition) is 2. The standard InChI is InChI=1S/C24H20N2O5/c1-30-21-8-3-2-5-15(21)9-12-22(27)25-16-6-4-7-17(13-16)31-18-10-11-19-20(14-18)24(29)26-23(19)28/h2-8,10-11,13-14H,9,12H2,1H3,(H,25,27)(H,26,28,29). The summed E-state index contributed by atoms with van der Waals surface area (Å²) in [5.41, 5.74) is 2.17. The molecular weight excluding hydrogens is 396 g/mol. The molecule has 0 unspecified atom stereocenters. The highest BCUT2D eigenvalue weighted by Crippen LogP contribution is 2.28. The number of nitrogens with one attached hydrogen (secondary N) is 2. The number of benzene rings is 3. The van der Waals surface area contributed by atoms with Crippen molar-refractivity contribution >= 4 is 23.4 Å². The van der Waals surface area contributed by atoms with Gasteiger partial charge in [0.25, 0.3) is 11.8 Å². The second-order valence-corrected chi connectivity index (χ2v) is 6.98. The molecule has 4 rings (SSSR count). The van der Waals surface area contributed by atoms with E-state index in [0.717, 1.165) is 11.3 Å². The van der Waals surface area contributed by atoms with Gasteiger partial charge in [-0.2, -0.15) is 0 Å². The maximum atomic E-state index is 12.4. The minimum Gasteiger partial charge on any atom is -0.496 e. The SMILES string of the molecule is COc1ccccc1CCC(=O)Nc1cccc(Oc2ccc3c(c2)C(=O)NC3=O)c1. The van der Waals surface area contributed by atoms with Gasteiger partial charge in [-0.05, 0) is 48.4 Å². The fourth-order valence-corrected chi connectivity index (χ4v) is 3.37. The Hall–Kier alpha value is -4.13. The van der Waals surface area contributed by atoms with Crippen molar-refractivity contribution in [3.8, 4) is 17.2 Å². The van der Waals surface area contributed by atoms with Crippen LogP contribution in [0.3, 0.4) is 0 Å². The van der Waals surface area contributed by atoms with E-state index < -0.39 is 11.8 Å². The Morgan fingerprint density at radius 2 is 1.68 bits per heavy atom. The lowest BCUT2D eigenvalue weighted by atomic mass is 10.1. The average molecular weight is 416 g/mol. The zero-order valence-corrected chi connectivity index (χ0v) is 16.8. The van der Waals surface area contributed by atoms with Crippen LogP contribution in [-0.4, -0.2) is 24.8 Å². The number of carbonyl (C=O) groups is 3. The van der Waals surface area contributed by atoms with Gasteiger partial charge in [-0.1, -0.05) is 24.3 Å². The van der Waals surface area contributed by atoms with Crippen LogP contribution in [0.2, 0.25) is 0 Å². The monoisotopic (exact) mass is 416 g/mol. The zero-order valence-electron chi connectivity index (χ0n) is 16.8. The molecule has 0 saturated carbocycles. The molecule has 3 amide bonds. The van der Waals surface area contributed by atoms with Crippen LogP contribution in [0.1, 0.15) is 32.7 Å². The number of methoxy groups -OCH3 is 1. The molecule has 0 bridgehead atoms. The number of aryl methyl sites for hydroxylation is 1. The number of fused-ring (bicyclic) bond motifs is 1. The zero-order chi connectivity index (χ0) is 21.8. The van der Waals surface area contributed by atoms with Crippen LogP contribution in [0.5, 0.6) is 17.2 Å². The molecule has 31 heavy (non-hydrogen) atoms. The number of carbonyl (C=O) groups excluding carboxylic acids is 3. The van der Waals surface area contributed by atoms with Crippen molar-refractivity contribution in [2.75, 3.05) is 12.4 Å². The molecule has 0 aliphatic carbocycles. The van der Waals surface area contributed by atoms with Crippen molar-refractivity contribution in [1.82, 2.24) is 5.32 Å². The van der Waals surface area contributed by atoms with Gasteiger partial charge in [0, 0.05) is 18.2 Å². The van der Waals surface area contributed by atoms with Gasteiger partial charge in [0.2, 0.25) is 5.91 Å². The quantitative estimate of drug-likeness (QED) is 0.569. The number of amides is 3. The average Bonchev–Trinajstić information content (AvgIpc) is 3.05. The third-order valence-corrected chi connectivity index (χ3v) is 4.87. The third kappa shape index (κ3) is 4.56. The molecule has 3 aromatic rings. The Morgan fingerprint density at radius 1 is 0.903 bits per heavy atom. The lowest BCUT2D eigenvalue weighted by molar-refractivity contribution is -0.116. The summed E-state index contributed by atoms with van der Waals surface area (Å²) >= 11 is 0. The molecule has 0 saturated heterocycles. The molecule has 0 fully saturated rings. The van der Waals surface area contributed by atoms with Crippen molar-refractivity contribution in [2.45, 2.75) is 12.8 Å². The van der Waals surface area contributed by atoms with Gasteiger partial charge in [0.1, 0.15) is 17.2 Å². The van der Waals surface area contributed by atoms with Gasteiger partial charge in [-0.15, -0.1) is 0 Å². The highest BCUT2D eigenvalue weighted by Gasteiger charge is 2.26. The Bertz CT molecular complexity index is 1170. The maximum absolute atomic E-state index is 12.4. The number of ether oxygens (including phenoxy) is 2. The van der Waals surface area contributed by atoms with Crippen molar-refractivity contribution in [3.63, 3.8) is 0 Å². The van der Waals surface area contributed by atoms with Gasteiger partial charge < -0.3 is 14.8 Å². The van der Waals surface area contributed by atoms with Crippen LogP contribution in [0.15, 0.2) is 66.7 Å². The predicted octanol–water partition coefficient (Wildman–Crippen LogP) is 3.94. The summed E-state index contributed by atoms with van der Waals surface area (Å²) in [6.45, 7) is 0. The first-order valence-electron chi connectivity index (χ1n) is 9.73.